The van der Waals surface area contributed by atoms with E-state index in [-0.39, 0.29) is 39.7 Å². The third-order valence-electron chi connectivity index (χ3n) is 7.62. The van der Waals surface area contributed by atoms with Gasteiger partial charge in [0.1, 0.15) is 17.4 Å². The summed E-state index contributed by atoms with van der Waals surface area (Å²) in [6.07, 6.45) is 3.13. The Kier molecular flexibility index (Phi) is 6.69. The number of aromatic nitrogens is 1. The van der Waals surface area contributed by atoms with Crippen molar-refractivity contribution in [1.82, 2.24) is 9.46 Å². The Hall–Kier alpha value is -2.92. The zero-order valence-electron chi connectivity index (χ0n) is 20.5. The highest BCUT2D eigenvalue weighted by atomic mass is 35.5. The van der Waals surface area contributed by atoms with Crippen LogP contribution in [0.25, 0.3) is 11.3 Å². The van der Waals surface area contributed by atoms with Crippen LogP contribution < -0.4 is 0 Å². The van der Waals surface area contributed by atoms with Crippen molar-refractivity contribution in [1.29, 1.82) is 0 Å². The van der Waals surface area contributed by atoms with Gasteiger partial charge in [-0.3, -0.25) is 0 Å². The fourth-order valence-electron chi connectivity index (χ4n) is 5.71. The lowest BCUT2D eigenvalue weighted by molar-refractivity contribution is 0.00824. The number of carbonyl (C=O) groups excluding carboxylic acids is 1. The molecule has 0 spiro atoms. The summed E-state index contributed by atoms with van der Waals surface area (Å²) in [5.41, 5.74) is 0.744. The zero-order chi connectivity index (χ0) is 27.5. The highest BCUT2D eigenvalue weighted by molar-refractivity contribution is 7.89. The molecule has 3 fully saturated rings. The van der Waals surface area contributed by atoms with Gasteiger partial charge >= 0.3 is 11.9 Å². The van der Waals surface area contributed by atoms with Gasteiger partial charge in [-0.25, -0.2) is 18.0 Å². The number of carboxylic acids is 1. The van der Waals surface area contributed by atoms with Crippen molar-refractivity contribution in [3.05, 3.63) is 69.4 Å². The van der Waals surface area contributed by atoms with Crippen molar-refractivity contribution in [3.63, 3.8) is 0 Å². The van der Waals surface area contributed by atoms with Gasteiger partial charge in [0.15, 0.2) is 5.76 Å². The van der Waals surface area contributed by atoms with Gasteiger partial charge in [0, 0.05) is 36.4 Å². The van der Waals surface area contributed by atoms with Crippen molar-refractivity contribution >= 4 is 45.2 Å². The van der Waals surface area contributed by atoms with Crippen LogP contribution in [0.2, 0.25) is 10.0 Å². The maximum atomic E-state index is 13.6. The number of nitrogens with zero attached hydrogens (tertiary/aromatic N) is 2. The Morgan fingerprint density at radius 2 is 1.64 bits per heavy atom. The van der Waals surface area contributed by atoms with Crippen molar-refractivity contribution in [3.8, 4) is 11.3 Å². The molecule has 9 nitrogen and oxygen atoms in total. The number of fused-ring (bicyclic) bond motifs is 2. The van der Waals surface area contributed by atoms with Crippen LogP contribution >= 0.6 is 23.2 Å². The van der Waals surface area contributed by atoms with Crippen LogP contribution in [-0.2, 0) is 14.8 Å². The predicted molar refractivity (Wildman–Crippen MR) is 142 cm³/mol. The SMILES string of the molecule is O=C(O)c1cccc(S(=O)(=O)N2[C@@H]3CC[C@H]2CC(OC(=O)c2c(-c4c(Cl)cccc4Cl)noc2C2CC2)C3)c1. The standard InChI is InChI=1S/C27H24Cl2N2O7S/c28-20-5-2-6-21(29)22(20)24-23(25(38-30-24)14-7-8-14)27(34)37-18-12-16-9-10-17(13-18)31(16)39(35,36)19-4-1-3-15(11-19)26(32)33/h1-6,11,14,16-18H,7-10,12-13H2,(H,32,33)/t16-,17+,18?. The average Bonchev–Trinajstić information content (AvgIpc) is 3.58. The summed E-state index contributed by atoms with van der Waals surface area (Å²) >= 11 is 12.8. The molecule has 6 rings (SSSR count). The molecule has 0 radical (unpaired) electrons. The Morgan fingerprint density at radius 1 is 1.00 bits per heavy atom. The first kappa shape index (κ1) is 26.3. The number of esters is 1. The number of ether oxygens (including phenoxy) is 1. The van der Waals surface area contributed by atoms with Crippen LogP contribution in [-0.4, -0.2) is 53.1 Å². The van der Waals surface area contributed by atoms with Gasteiger partial charge in [0.25, 0.3) is 0 Å². The highest BCUT2D eigenvalue weighted by Gasteiger charge is 2.49. The number of benzene rings is 2. The number of piperidine rings is 1. The number of hydrogen-bond acceptors (Lipinski definition) is 7. The summed E-state index contributed by atoms with van der Waals surface area (Å²) in [5, 5.41) is 14.1. The topological polar surface area (TPSA) is 127 Å². The highest BCUT2D eigenvalue weighted by Crippen LogP contribution is 2.47. The first-order valence-corrected chi connectivity index (χ1v) is 14.9. The molecule has 1 saturated carbocycles. The third kappa shape index (κ3) is 4.73. The van der Waals surface area contributed by atoms with E-state index < -0.39 is 28.1 Å². The van der Waals surface area contributed by atoms with E-state index in [1.54, 1.807) is 18.2 Å². The minimum absolute atomic E-state index is 0.0606. The molecule has 3 aliphatic rings. The van der Waals surface area contributed by atoms with Crippen molar-refractivity contribution in [2.45, 2.75) is 67.5 Å². The average molecular weight is 591 g/mol. The minimum atomic E-state index is -3.94. The molecule has 1 aromatic heterocycles. The zero-order valence-corrected chi connectivity index (χ0v) is 22.9. The second-order valence-corrected chi connectivity index (χ2v) is 12.9. The summed E-state index contributed by atoms with van der Waals surface area (Å²) in [7, 11) is -3.94. The maximum absolute atomic E-state index is 13.6. The lowest BCUT2D eigenvalue weighted by Gasteiger charge is -2.37. The quantitative estimate of drug-likeness (QED) is 0.344. The second-order valence-electron chi connectivity index (χ2n) is 10.2. The molecule has 39 heavy (non-hydrogen) atoms. The summed E-state index contributed by atoms with van der Waals surface area (Å²) in [6, 6.07) is 9.62. The lowest BCUT2D eigenvalue weighted by atomic mass is 10.0. The molecule has 1 unspecified atom stereocenters. The second kappa shape index (κ2) is 9.92. The van der Waals surface area contributed by atoms with Gasteiger partial charge in [0.05, 0.1) is 20.5 Å². The molecule has 2 saturated heterocycles. The number of sulfonamides is 1. The van der Waals surface area contributed by atoms with E-state index in [4.69, 9.17) is 32.5 Å². The molecule has 2 aromatic carbocycles. The normalized spacial score (nSPS) is 23.1. The number of carboxylic acid groups (broad SMARTS) is 1. The van der Waals surface area contributed by atoms with Crippen LogP contribution in [0.3, 0.4) is 0 Å². The van der Waals surface area contributed by atoms with Crippen molar-refractivity contribution in [2.75, 3.05) is 0 Å². The summed E-state index contributed by atoms with van der Waals surface area (Å²) < 4.78 is 40.0. The Morgan fingerprint density at radius 3 is 2.26 bits per heavy atom. The third-order valence-corrected chi connectivity index (χ3v) is 10.3. The van der Waals surface area contributed by atoms with Crippen LogP contribution in [0, 0.1) is 0 Å². The van der Waals surface area contributed by atoms with Gasteiger partial charge in [0.2, 0.25) is 10.0 Å². The van der Waals surface area contributed by atoms with E-state index in [0.717, 1.165) is 12.8 Å². The van der Waals surface area contributed by atoms with E-state index in [1.165, 1.54) is 28.6 Å². The smallest absolute Gasteiger partial charge is 0.344 e. The summed E-state index contributed by atoms with van der Waals surface area (Å²) in [6.45, 7) is 0. The molecule has 1 aliphatic carbocycles. The summed E-state index contributed by atoms with van der Waals surface area (Å²) in [4.78, 5) is 24.9. The molecule has 3 aromatic rings. The summed E-state index contributed by atoms with van der Waals surface area (Å²) in [5.74, 6) is -1.27. The number of aromatic carboxylic acids is 1. The van der Waals surface area contributed by atoms with Crippen LogP contribution in [0.5, 0.6) is 0 Å². The van der Waals surface area contributed by atoms with E-state index in [2.05, 4.69) is 5.16 Å². The minimum Gasteiger partial charge on any atom is -0.478 e. The van der Waals surface area contributed by atoms with Gasteiger partial charge in [-0.15, -0.1) is 0 Å². The van der Waals surface area contributed by atoms with Crippen LogP contribution in [0.1, 0.15) is 70.9 Å². The van der Waals surface area contributed by atoms with Crippen molar-refractivity contribution in [2.24, 2.45) is 0 Å². The van der Waals surface area contributed by atoms with Gasteiger partial charge in [-0.05, 0) is 56.0 Å². The van der Waals surface area contributed by atoms with Crippen molar-refractivity contribution < 1.29 is 32.4 Å². The number of halogens is 2. The Bertz CT molecular complexity index is 1550. The number of rotatable bonds is 7. The molecular formula is C27H24Cl2N2O7S. The molecule has 1 N–H and O–H groups in total. The largest absolute Gasteiger partial charge is 0.478 e. The van der Waals surface area contributed by atoms with E-state index in [1.807, 2.05) is 0 Å². The molecule has 3 atom stereocenters. The van der Waals surface area contributed by atoms with Gasteiger partial charge < -0.3 is 14.4 Å². The number of carbonyl (C=O) groups is 2. The fourth-order valence-corrected chi connectivity index (χ4v) is 8.23. The predicted octanol–water partition coefficient (Wildman–Crippen LogP) is 5.77. The molecule has 3 heterocycles. The molecule has 2 aliphatic heterocycles. The Balaban J connectivity index is 1.25. The van der Waals surface area contributed by atoms with E-state index in [0.29, 0.717) is 47.1 Å². The van der Waals surface area contributed by atoms with Gasteiger partial charge in [-0.2, -0.15) is 4.31 Å². The maximum Gasteiger partial charge on any atom is 0.344 e. The van der Waals surface area contributed by atoms with E-state index >= 15 is 0 Å². The first-order valence-electron chi connectivity index (χ1n) is 12.7. The Labute approximate surface area is 234 Å². The molecular weight excluding hydrogens is 567 g/mol. The molecule has 12 heteroatoms. The number of hydrogen-bond donors (Lipinski definition) is 1. The van der Waals surface area contributed by atoms with E-state index in [9.17, 15) is 23.1 Å². The monoisotopic (exact) mass is 590 g/mol. The molecule has 2 bridgehead atoms. The van der Waals surface area contributed by atoms with Gasteiger partial charge in [-0.1, -0.05) is 40.5 Å². The van der Waals surface area contributed by atoms with Crippen LogP contribution in [0.4, 0.5) is 0 Å². The van der Waals surface area contributed by atoms with Crippen LogP contribution in [0.15, 0.2) is 51.9 Å². The molecule has 0 amide bonds. The first-order chi connectivity index (χ1) is 18.6. The fraction of sp³-hybridized carbons (Fsp3) is 0.370. The molecule has 204 valence electrons. The lowest BCUT2D eigenvalue weighted by Crippen LogP contribution is -2.48.